The summed E-state index contributed by atoms with van der Waals surface area (Å²) < 4.78 is 1.87. The van der Waals surface area contributed by atoms with Crippen molar-refractivity contribution in [1.29, 1.82) is 0 Å². The summed E-state index contributed by atoms with van der Waals surface area (Å²) in [5.41, 5.74) is 7.53. The maximum atomic E-state index is 11.9. The number of carbonyl (C=O) groups excluding carboxylic acids is 1. The van der Waals surface area contributed by atoms with Crippen LogP contribution in [0.25, 0.3) is 0 Å². The Morgan fingerprint density at radius 2 is 2.21 bits per heavy atom. The topological polar surface area (TPSA) is 76.2 Å². The lowest BCUT2D eigenvalue weighted by molar-refractivity contribution is -0.119. The second-order valence-corrected chi connectivity index (χ2v) is 5.56. The third kappa shape index (κ3) is 3.00. The van der Waals surface area contributed by atoms with Crippen LogP contribution in [0.5, 0.6) is 0 Å². The van der Waals surface area contributed by atoms with E-state index in [-0.39, 0.29) is 11.9 Å². The Morgan fingerprint density at radius 1 is 1.58 bits per heavy atom. The number of amides is 1. The van der Waals surface area contributed by atoms with Crippen LogP contribution in [-0.4, -0.2) is 35.3 Å². The zero-order valence-electron chi connectivity index (χ0n) is 12.1. The summed E-state index contributed by atoms with van der Waals surface area (Å²) in [6.07, 6.45) is 2.20. The van der Waals surface area contributed by atoms with Crippen LogP contribution in [0.2, 0.25) is 0 Å². The molecule has 0 aliphatic heterocycles. The van der Waals surface area contributed by atoms with Gasteiger partial charge in [0.1, 0.15) is 0 Å². The van der Waals surface area contributed by atoms with Crippen molar-refractivity contribution in [1.82, 2.24) is 15.1 Å². The number of hydrogen-bond donors (Lipinski definition) is 2. The molecule has 0 radical (unpaired) electrons. The van der Waals surface area contributed by atoms with Crippen LogP contribution >= 0.6 is 0 Å². The highest BCUT2D eigenvalue weighted by Crippen LogP contribution is 2.28. The van der Waals surface area contributed by atoms with Gasteiger partial charge >= 0.3 is 0 Å². The van der Waals surface area contributed by atoms with E-state index in [4.69, 9.17) is 5.73 Å². The van der Waals surface area contributed by atoms with Gasteiger partial charge in [-0.2, -0.15) is 5.10 Å². The van der Waals surface area contributed by atoms with Gasteiger partial charge in [-0.15, -0.1) is 0 Å². The smallest absolute Gasteiger partial charge is 0.239 e. The van der Waals surface area contributed by atoms with Gasteiger partial charge in [0.25, 0.3) is 0 Å². The number of aromatic nitrogens is 2. The quantitative estimate of drug-likeness (QED) is 0.835. The lowest BCUT2D eigenvalue weighted by Crippen LogP contribution is -2.37. The van der Waals surface area contributed by atoms with Crippen molar-refractivity contribution in [2.24, 2.45) is 0 Å². The van der Waals surface area contributed by atoms with Gasteiger partial charge in [0, 0.05) is 19.1 Å². The Kier molecular flexibility index (Phi) is 3.68. The van der Waals surface area contributed by atoms with Crippen molar-refractivity contribution >= 4 is 17.4 Å². The van der Waals surface area contributed by atoms with E-state index in [0.717, 1.165) is 24.4 Å². The summed E-state index contributed by atoms with van der Waals surface area (Å²) in [6.45, 7) is 6.29. The number of nitrogens with two attached hydrogens (primary N) is 1. The molecule has 1 aromatic rings. The minimum absolute atomic E-state index is 0.0403. The van der Waals surface area contributed by atoms with Gasteiger partial charge in [-0.25, -0.2) is 4.68 Å². The van der Waals surface area contributed by atoms with Crippen molar-refractivity contribution in [3.8, 4) is 0 Å². The molecule has 6 heteroatoms. The van der Waals surface area contributed by atoms with Crippen LogP contribution < -0.4 is 16.0 Å². The van der Waals surface area contributed by atoms with Crippen molar-refractivity contribution < 1.29 is 4.79 Å². The zero-order chi connectivity index (χ0) is 14.2. The number of likely N-dealkylation sites (N-methyl/N-ethyl adjacent to an activating group) is 1. The molecule has 19 heavy (non-hydrogen) atoms. The number of nitrogens with zero attached hydrogens (tertiary/aromatic N) is 3. The van der Waals surface area contributed by atoms with Crippen LogP contribution in [0.3, 0.4) is 0 Å². The van der Waals surface area contributed by atoms with Crippen LogP contribution in [0.4, 0.5) is 11.5 Å². The highest BCUT2D eigenvalue weighted by atomic mass is 16.2. The highest BCUT2D eigenvalue weighted by molar-refractivity contribution is 5.83. The average molecular weight is 265 g/mol. The number of aryl methyl sites for hydroxylation is 1. The molecule has 1 aliphatic carbocycles. The van der Waals surface area contributed by atoms with E-state index in [1.807, 2.05) is 37.4 Å². The fourth-order valence-electron chi connectivity index (χ4n) is 2.08. The van der Waals surface area contributed by atoms with Crippen molar-refractivity contribution in [3.05, 3.63) is 5.69 Å². The molecule has 1 saturated carbocycles. The maximum absolute atomic E-state index is 11.9. The predicted molar refractivity (Wildman–Crippen MR) is 76.2 cm³/mol. The first-order chi connectivity index (χ1) is 8.90. The minimum Gasteiger partial charge on any atom is -0.394 e. The molecular weight excluding hydrogens is 242 g/mol. The summed E-state index contributed by atoms with van der Waals surface area (Å²) in [7, 11) is 1.87. The third-order valence-corrected chi connectivity index (χ3v) is 3.28. The number of nitrogens with one attached hydrogen (secondary N) is 1. The minimum atomic E-state index is 0.0403. The largest absolute Gasteiger partial charge is 0.394 e. The first-order valence-corrected chi connectivity index (χ1v) is 6.75. The number of hydrogen-bond acceptors (Lipinski definition) is 4. The first-order valence-electron chi connectivity index (χ1n) is 6.75. The highest BCUT2D eigenvalue weighted by Gasteiger charge is 2.25. The Labute approximate surface area is 113 Å². The number of rotatable bonds is 5. The third-order valence-electron chi connectivity index (χ3n) is 3.28. The molecule has 6 nitrogen and oxygen atoms in total. The Morgan fingerprint density at radius 3 is 2.74 bits per heavy atom. The van der Waals surface area contributed by atoms with Gasteiger partial charge in [0.05, 0.1) is 17.9 Å². The zero-order valence-corrected chi connectivity index (χ0v) is 12.1. The summed E-state index contributed by atoms with van der Waals surface area (Å²) in [5.74, 6) is 0.858. The molecule has 1 amide bonds. The summed E-state index contributed by atoms with van der Waals surface area (Å²) in [6, 6.07) is 0.593. The molecule has 0 saturated heterocycles. The van der Waals surface area contributed by atoms with Gasteiger partial charge < -0.3 is 16.0 Å². The lowest BCUT2D eigenvalue weighted by Gasteiger charge is -2.22. The molecule has 0 spiro atoms. The van der Waals surface area contributed by atoms with Gasteiger partial charge in [0.2, 0.25) is 5.91 Å². The summed E-state index contributed by atoms with van der Waals surface area (Å²) >= 11 is 0. The molecule has 1 aromatic heterocycles. The standard InChI is InChI=1S/C13H23N5O/c1-8(2)18-13(12(14)9(3)16-18)17(4)7-11(19)15-10-5-6-10/h8,10H,5-7,14H2,1-4H3,(H,15,19). The van der Waals surface area contributed by atoms with Crippen LogP contribution in [0.1, 0.15) is 38.4 Å². The van der Waals surface area contributed by atoms with Gasteiger partial charge in [-0.05, 0) is 33.6 Å². The molecule has 1 fully saturated rings. The number of carbonyl (C=O) groups is 1. The van der Waals surface area contributed by atoms with Crippen molar-refractivity contribution in [2.45, 2.75) is 45.7 Å². The molecule has 0 aromatic carbocycles. The van der Waals surface area contributed by atoms with E-state index in [2.05, 4.69) is 10.4 Å². The predicted octanol–water partition coefficient (Wildman–Crippen LogP) is 1.07. The molecule has 0 bridgehead atoms. The normalized spacial score (nSPS) is 14.8. The second kappa shape index (κ2) is 5.11. The van der Waals surface area contributed by atoms with E-state index in [1.165, 1.54) is 0 Å². The summed E-state index contributed by atoms with van der Waals surface area (Å²) in [4.78, 5) is 13.7. The number of anilines is 2. The maximum Gasteiger partial charge on any atom is 0.239 e. The fraction of sp³-hybridized carbons (Fsp3) is 0.692. The summed E-state index contributed by atoms with van der Waals surface area (Å²) in [5, 5.41) is 7.41. The lowest BCUT2D eigenvalue weighted by atomic mass is 10.3. The van der Waals surface area contributed by atoms with E-state index in [1.54, 1.807) is 0 Å². The monoisotopic (exact) mass is 265 g/mol. The van der Waals surface area contributed by atoms with Crippen LogP contribution in [0, 0.1) is 6.92 Å². The van der Waals surface area contributed by atoms with Crippen LogP contribution in [-0.2, 0) is 4.79 Å². The van der Waals surface area contributed by atoms with Crippen molar-refractivity contribution in [3.63, 3.8) is 0 Å². The van der Waals surface area contributed by atoms with E-state index < -0.39 is 0 Å². The number of nitrogen functional groups attached to an aromatic ring is 1. The van der Waals surface area contributed by atoms with Crippen LogP contribution in [0.15, 0.2) is 0 Å². The van der Waals surface area contributed by atoms with E-state index in [0.29, 0.717) is 18.3 Å². The Bertz CT molecular complexity index is 476. The fourth-order valence-corrected chi connectivity index (χ4v) is 2.08. The Balaban J connectivity index is 2.12. The van der Waals surface area contributed by atoms with E-state index >= 15 is 0 Å². The van der Waals surface area contributed by atoms with Gasteiger partial charge in [-0.3, -0.25) is 4.79 Å². The second-order valence-electron chi connectivity index (χ2n) is 5.56. The Hall–Kier alpha value is -1.72. The van der Waals surface area contributed by atoms with Gasteiger partial charge in [0.15, 0.2) is 5.82 Å². The van der Waals surface area contributed by atoms with Crippen molar-refractivity contribution in [2.75, 3.05) is 24.2 Å². The molecule has 3 N–H and O–H groups in total. The molecule has 0 unspecified atom stereocenters. The first kappa shape index (κ1) is 13.7. The molecule has 106 valence electrons. The molecule has 0 atom stereocenters. The molecule has 1 aliphatic rings. The average Bonchev–Trinajstić information content (AvgIpc) is 3.05. The van der Waals surface area contributed by atoms with Gasteiger partial charge in [-0.1, -0.05) is 0 Å². The molecule has 1 heterocycles. The SMILES string of the molecule is Cc1nn(C(C)C)c(N(C)CC(=O)NC2CC2)c1N. The molecular formula is C13H23N5O. The van der Waals surface area contributed by atoms with E-state index in [9.17, 15) is 4.79 Å². The molecule has 2 rings (SSSR count).